The molecule has 3 heteroatoms. The van der Waals surface area contributed by atoms with Gasteiger partial charge in [-0.2, -0.15) is 0 Å². The van der Waals surface area contributed by atoms with Gasteiger partial charge in [-0.3, -0.25) is 4.98 Å². The van der Waals surface area contributed by atoms with E-state index in [1.54, 1.807) is 12.3 Å². The number of nitrogens with zero attached hydrogens (tertiary/aromatic N) is 1. The minimum Gasteiger partial charge on any atom is -0.330 e. The van der Waals surface area contributed by atoms with E-state index in [0.29, 0.717) is 18.5 Å². The molecule has 0 bridgehead atoms. The fourth-order valence-corrected chi connectivity index (χ4v) is 0.899. The number of halogens is 1. The smallest absolute Gasteiger partial charge is 0.144 e. The topological polar surface area (TPSA) is 38.9 Å². The number of aryl methyl sites for hydroxylation is 1. The lowest BCUT2D eigenvalue weighted by molar-refractivity contribution is 0.599. The summed E-state index contributed by atoms with van der Waals surface area (Å²) >= 11 is 0. The van der Waals surface area contributed by atoms with Crippen LogP contribution in [0.3, 0.4) is 0 Å². The number of pyridine rings is 1. The van der Waals surface area contributed by atoms with Crippen LogP contribution in [0.25, 0.3) is 0 Å². The third kappa shape index (κ3) is 2.27. The Labute approximate surface area is 65.3 Å². The summed E-state index contributed by atoms with van der Waals surface area (Å²) in [6.07, 6.45) is 4.34. The molecule has 11 heavy (non-hydrogen) atoms. The first kappa shape index (κ1) is 8.14. The SMILES string of the molecule is NCCCc1ccncc1F. The first-order valence-corrected chi connectivity index (χ1v) is 3.63. The Morgan fingerprint density at radius 3 is 3.00 bits per heavy atom. The van der Waals surface area contributed by atoms with Crippen molar-refractivity contribution >= 4 is 0 Å². The summed E-state index contributed by atoms with van der Waals surface area (Å²) in [5, 5.41) is 0. The van der Waals surface area contributed by atoms with Gasteiger partial charge in [0.05, 0.1) is 6.20 Å². The molecule has 0 saturated carbocycles. The molecule has 0 saturated heterocycles. The van der Waals surface area contributed by atoms with Crippen LogP contribution in [-0.2, 0) is 6.42 Å². The van der Waals surface area contributed by atoms with Gasteiger partial charge in [-0.15, -0.1) is 0 Å². The second-order valence-electron chi connectivity index (χ2n) is 2.36. The molecule has 1 aromatic rings. The van der Waals surface area contributed by atoms with Gasteiger partial charge < -0.3 is 5.73 Å². The molecule has 60 valence electrons. The molecule has 0 fully saturated rings. The summed E-state index contributed by atoms with van der Waals surface area (Å²) in [4.78, 5) is 3.65. The van der Waals surface area contributed by atoms with Crippen LogP contribution in [0.1, 0.15) is 12.0 Å². The van der Waals surface area contributed by atoms with Crippen LogP contribution in [0.5, 0.6) is 0 Å². The first-order valence-electron chi connectivity index (χ1n) is 3.63. The number of hydrogen-bond acceptors (Lipinski definition) is 2. The molecule has 0 radical (unpaired) electrons. The van der Waals surface area contributed by atoms with Crippen LogP contribution in [-0.4, -0.2) is 11.5 Å². The van der Waals surface area contributed by atoms with Crippen LogP contribution < -0.4 is 5.73 Å². The highest BCUT2D eigenvalue weighted by Crippen LogP contribution is 2.05. The lowest BCUT2D eigenvalue weighted by Crippen LogP contribution is -2.01. The normalized spacial score (nSPS) is 10.0. The minimum atomic E-state index is -0.235. The van der Waals surface area contributed by atoms with Crippen molar-refractivity contribution in [3.8, 4) is 0 Å². The molecule has 0 aliphatic heterocycles. The van der Waals surface area contributed by atoms with Crippen molar-refractivity contribution in [3.05, 3.63) is 29.8 Å². The van der Waals surface area contributed by atoms with Crippen molar-refractivity contribution in [3.63, 3.8) is 0 Å². The summed E-state index contributed by atoms with van der Waals surface area (Å²) in [6, 6.07) is 1.69. The van der Waals surface area contributed by atoms with E-state index in [1.807, 2.05) is 0 Å². The Morgan fingerprint density at radius 1 is 1.55 bits per heavy atom. The molecular formula is C8H11FN2. The highest BCUT2D eigenvalue weighted by molar-refractivity contribution is 5.12. The Kier molecular flexibility index (Phi) is 2.98. The van der Waals surface area contributed by atoms with E-state index in [-0.39, 0.29) is 5.82 Å². The second-order valence-corrected chi connectivity index (χ2v) is 2.36. The van der Waals surface area contributed by atoms with Crippen molar-refractivity contribution in [2.24, 2.45) is 5.73 Å². The molecule has 0 aliphatic rings. The molecule has 1 rings (SSSR count). The van der Waals surface area contributed by atoms with Gasteiger partial charge >= 0.3 is 0 Å². The lowest BCUT2D eigenvalue weighted by atomic mass is 10.1. The van der Waals surface area contributed by atoms with Gasteiger partial charge in [0, 0.05) is 6.20 Å². The van der Waals surface area contributed by atoms with Crippen LogP contribution >= 0.6 is 0 Å². The Balaban J connectivity index is 2.62. The zero-order valence-corrected chi connectivity index (χ0v) is 6.26. The summed E-state index contributed by atoms with van der Waals surface area (Å²) in [7, 11) is 0. The summed E-state index contributed by atoms with van der Waals surface area (Å²) in [6.45, 7) is 0.599. The highest BCUT2D eigenvalue weighted by Gasteiger charge is 1.98. The molecule has 1 aromatic heterocycles. The number of aromatic nitrogens is 1. The van der Waals surface area contributed by atoms with E-state index in [2.05, 4.69) is 4.98 Å². The van der Waals surface area contributed by atoms with Crippen molar-refractivity contribution < 1.29 is 4.39 Å². The van der Waals surface area contributed by atoms with Crippen molar-refractivity contribution in [2.75, 3.05) is 6.54 Å². The van der Waals surface area contributed by atoms with E-state index in [4.69, 9.17) is 5.73 Å². The van der Waals surface area contributed by atoms with E-state index in [9.17, 15) is 4.39 Å². The van der Waals surface area contributed by atoms with Gasteiger partial charge in [0.1, 0.15) is 5.82 Å². The predicted molar refractivity (Wildman–Crippen MR) is 41.6 cm³/mol. The maximum Gasteiger partial charge on any atom is 0.144 e. The molecule has 0 amide bonds. The predicted octanol–water partition coefficient (Wildman–Crippen LogP) is 1.11. The Hall–Kier alpha value is -0.960. The fourth-order valence-electron chi connectivity index (χ4n) is 0.899. The van der Waals surface area contributed by atoms with Gasteiger partial charge in [-0.1, -0.05) is 0 Å². The monoisotopic (exact) mass is 154 g/mol. The average molecular weight is 154 g/mol. The van der Waals surface area contributed by atoms with Gasteiger partial charge in [0.25, 0.3) is 0 Å². The zero-order valence-electron chi connectivity index (χ0n) is 6.26. The third-order valence-corrected chi connectivity index (χ3v) is 1.51. The molecule has 0 aliphatic carbocycles. The third-order valence-electron chi connectivity index (χ3n) is 1.51. The maximum atomic E-state index is 12.8. The van der Waals surface area contributed by atoms with Gasteiger partial charge in [-0.25, -0.2) is 4.39 Å². The molecule has 1 heterocycles. The average Bonchev–Trinajstić information content (AvgIpc) is 2.03. The maximum absolute atomic E-state index is 12.8. The van der Waals surface area contributed by atoms with Crippen molar-refractivity contribution in [1.29, 1.82) is 0 Å². The Bertz CT molecular complexity index is 225. The molecule has 2 N–H and O–H groups in total. The van der Waals surface area contributed by atoms with Crippen LogP contribution in [0, 0.1) is 5.82 Å². The first-order chi connectivity index (χ1) is 5.34. The quantitative estimate of drug-likeness (QED) is 0.708. The highest BCUT2D eigenvalue weighted by atomic mass is 19.1. The molecule has 0 spiro atoms. The van der Waals surface area contributed by atoms with Gasteiger partial charge in [0.15, 0.2) is 0 Å². The minimum absolute atomic E-state index is 0.235. The van der Waals surface area contributed by atoms with Crippen molar-refractivity contribution in [2.45, 2.75) is 12.8 Å². The van der Waals surface area contributed by atoms with E-state index >= 15 is 0 Å². The van der Waals surface area contributed by atoms with Gasteiger partial charge in [-0.05, 0) is 31.0 Å². The molecule has 2 nitrogen and oxygen atoms in total. The molecular weight excluding hydrogens is 143 g/mol. The fraction of sp³-hybridized carbons (Fsp3) is 0.375. The summed E-state index contributed by atoms with van der Waals surface area (Å²) < 4.78 is 12.8. The standard InChI is InChI=1S/C8H11FN2/c9-8-6-11-5-3-7(8)2-1-4-10/h3,5-6H,1-2,4,10H2. The van der Waals surface area contributed by atoms with Crippen LogP contribution in [0.4, 0.5) is 4.39 Å². The lowest BCUT2D eigenvalue weighted by Gasteiger charge is -1.99. The van der Waals surface area contributed by atoms with E-state index < -0.39 is 0 Å². The number of nitrogens with two attached hydrogens (primary N) is 1. The van der Waals surface area contributed by atoms with Gasteiger partial charge in [0.2, 0.25) is 0 Å². The molecule has 0 atom stereocenters. The van der Waals surface area contributed by atoms with E-state index in [1.165, 1.54) is 6.20 Å². The molecule has 0 unspecified atom stereocenters. The largest absolute Gasteiger partial charge is 0.330 e. The number of hydrogen-bond donors (Lipinski definition) is 1. The second kappa shape index (κ2) is 4.03. The van der Waals surface area contributed by atoms with Crippen molar-refractivity contribution in [1.82, 2.24) is 4.98 Å². The Morgan fingerprint density at radius 2 is 2.36 bits per heavy atom. The van der Waals surface area contributed by atoms with Crippen LogP contribution in [0.15, 0.2) is 18.5 Å². The molecule has 0 aromatic carbocycles. The zero-order chi connectivity index (χ0) is 8.10. The van der Waals surface area contributed by atoms with E-state index in [0.717, 1.165) is 6.42 Å². The number of rotatable bonds is 3. The van der Waals surface area contributed by atoms with Crippen LogP contribution in [0.2, 0.25) is 0 Å². The summed E-state index contributed by atoms with van der Waals surface area (Å²) in [5.74, 6) is -0.235. The summed E-state index contributed by atoms with van der Waals surface area (Å²) in [5.41, 5.74) is 5.99.